The highest BCUT2D eigenvalue weighted by atomic mass is 19.4. The van der Waals surface area contributed by atoms with Crippen LogP contribution in [0.1, 0.15) is 10.4 Å². The molecule has 3 aromatic rings. The van der Waals surface area contributed by atoms with E-state index >= 15 is 0 Å². The molecule has 0 saturated heterocycles. The van der Waals surface area contributed by atoms with E-state index in [9.17, 15) is 22.8 Å². The van der Waals surface area contributed by atoms with Crippen molar-refractivity contribution in [1.29, 1.82) is 0 Å². The van der Waals surface area contributed by atoms with E-state index in [1.807, 2.05) is 0 Å². The number of aromatic nitrogens is 3. The SMILES string of the molecule is O=Cc1cc(-c2ccc(OC(F)(F)F)cc2)nn(-c2cccnc2)c1=O. The number of alkyl halides is 3. The molecule has 9 heteroatoms. The van der Waals surface area contributed by atoms with Crippen LogP contribution in [-0.4, -0.2) is 27.4 Å². The van der Waals surface area contributed by atoms with E-state index in [1.54, 1.807) is 12.1 Å². The highest BCUT2D eigenvalue weighted by Crippen LogP contribution is 2.25. The van der Waals surface area contributed by atoms with Gasteiger partial charge in [-0.05, 0) is 42.5 Å². The number of nitrogens with zero attached hydrogens (tertiary/aromatic N) is 3. The van der Waals surface area contributed by atoms with Gasteiger partial charge >= 0.3 is 6.36 Å². The highest BCUT2D eigenvalue weighted by molar-refractivity contribution is 5.77. The molecule has 26 heavy (non-hydrogen) atoms. The van der Waals surface area contributed by atoms with E-state index in [2.05, 4.69) is 14.8 Å². The maximum absolute atomic E-state index is 12.3. The number of carbonyl (C=O) groups excluding carboxylic acids is 1. The number of rotatable bonds is 4. The third-order valence-electron chi connectivity index (χ3n) is 3.34. The minimum atomic E-state index is -4.79. The van der Waals surface area contributed by atoms with E-state index in [-0.39, 0.29) is 11.3 Å². The third-order valence-corrected chi connectivity index (χ3v) is 3.34. The summed E-state index contributed by atoms with van der Waals surface area (Å²) in [5.74, 6) is -0.391. The molecule has 6 nitrogen and oxygen atoms in total. The molecule has 3 rings (SSSR count). The van der Waals surface area contributed by atoms with Crippen molar-refractivity contribution < 1.29 is 22.7 Å². The van der Waals surface area contributed by atoms with E-state index in [4.69, 9.17) is 0 Å². The summed E-state index contributed by atoms with van der Waals surface area (Å²) in [4.78, 5) is 27.4. The minimum Gasteiger partial charge on any atom is -0.406 e. The summed E-state index contributed by atoms with van der Waals surface area (Å²) in [6.45, 7) is 0. The molecule has 0 amide bonds. The van der Waals surface area contributed by atoms with Crippen molar-refractivity contribution in [3.8, 4) is 22.7 Å². The van der Waals surface area contributed by atoms with Gasteiger partial charge in [-0.15, -0.1) is 13.2 Å². The summed E-state index contributed by atoms with van der Waals surface area (Å²) in [6.07, 6.45) is -1.50. The van der Waals surface area contributed by atoms with Gasteiger partial charge in [-0.2, -0.15) is 9.78 Å². The smallest absolute Gasteiger partial charge is 0.406 e. The van der Waals surface area contributed by atoms with Crippen LogP contribution in [0.4, 0.5) is 13.2 Å². The quantitative estimate of drug-likeness (QED) is 0.668. The van der Waals surface area contributed by atoms with Gasteiger partial charge in [-0.3, -0.25) is 14.6 Å². The van der Waals surface area contributed by atoms with Gasteiger partial charge in [0.1, 0.15) is 5.75 Å². The fourth-order valence-corrected chi connectivity index (χ4v) is 2.22. The lowest BCUT2D eigenvalue weighted by Crippen LogP contribution is -2.25. The average molecular weight is 361 g/mol. The first-order valence-corrected chi connectivity index (χ1v) is 7.23. The van der Waals surface area contributed by atoms with Crippen molar-refractivity contribution in [1.82, 2.24) is 14.8 Å². The average Bonchev–Trinajstić information content (AvgIpc) is 2.62. The van der Waals surface area contributed by atoms with Crippen molar-refractivity contribution in [2.75, 3.05) is 0 Å². The van der Waals surface area contributed by atoms with Crippen LogP contribution >= 0.6 is 0 Å². The van der Waals surface area contributed by atoms with E-state index in [1.165, 1.54) is 30.6 Å². The number of carbonyl (C=O) groups is 1. The Kier molecular flexibility index (Phi) is 4.53. The van der Waals surface area contributed by atoms with Gasteiger partial charge in [0.15, 0.2) is 6.29 Å². The molecule has 0 aliphatic heterocycles. The monoisotopic (exact) mass is 361 g/mol. The van der Waals surface area contributed by atoms with Gasteiger partial charge in [-0.1, -0.05) is 0 Å². The lowest BCUT2D eigenvalue weighted by atomic mass is 10.1. The molecule has 0 radical (unpaired) electrons. The third kappa shape index (κ3) is 3.77. The number of aldehydes is 1. The Morgan fingerprint density at radius 2 is 1.85 bits per heavy atom. The molecule has 0 aliphatic rings. The fourth-order valence-electron chi connectivity index (χ4n) is 2.22. The topological polar surface area (TPSA) is 74.1 Å². The number of ether oxygens (including phenoxy) is 1. The van der Waals surface area contributed by atoms with Crippen LogP contribution in [0.2, 0.25) is 0 Å². The van der Waals surface area contributed by atoms with Crippen LogP contribution in [0.25, 0.3) is 16.9 Å². The Bertz CT molecular complexity index is 984. The predicted molar refractivity (Wildman–Crippen MR) is 85.1 cm³/mol. The predicted octanol–water partition coefficient (Wildman–Crippen LogP) is 3.01. The molecule has 0 bridgehead atoms. The van der Waals surface area contributed by atoms with Crippen molar-refractivity contribution >= 4 is 6.29 Å². The maximum atomic E-state index is 12.3. The van der Waals surface area contributed by atoms with Crippen LogP contribution in [0.5, 0.6) is 5.75 Å². The van der Waals surface area contributed by atoms with E-state index in [0.29, 0.717) is 17.5 Å². The minimum absolute atomic E-state index is 0.144. The fraction of sp³-hybridized carbons (Fsp3) is 0.0588. The number of hydrogen-bond acceptors (Lipinski definition) is 5. The Morgan fingerprint density at radius 1 is 1.12 bits per heavy atom. The Hall–Kier alpha value is -3.49. The second-order valence-corrected chi connectivity index (χ2v) is 5.10. The first kappa shape index (κ1) is 17.3. The van der Waals surface area contributed by atoms with E-state index in [0.717, 1.165) is 16.8 Å². The summed E-state index contributed by atoms with van der Waals surface area (Å²) >= 11 is 0. The maximum Gasteiger partial charge on any atom is 0.573 e. The van der Waals surface area contributed by atoms with Crippen LogP contribution in [0, 0.1) is 0 Å². The van der Waals surface area contributed by atoms with Gasteiger partial charge in [0, 0.05) is 11.8 Å². The van der Waals surface area contributed by atoms with Crippen LogP contribution in [-0.2, 0) is 0 Å². The van der Waals surface area contributed by atoms with Crippen LogP contribution < -0.4 is 10.3 Å². The molecule has 2 heterocycles. The van der Waals surface area contributed by atoms with Crippen molar-refractivity contribution in [3.63, 3.8) is 0 Å². The molecule has 0 saturated carbocycles. The standard InChI is InChI=1S/C17H10F3N3O3/c18-17(19,20)26-14-5-3-11(4-6-14)15-8-12(10-24)16(25)23(22-15)13-2-1-7-21-9-13/h1-10H. The molecule has 0 atom stereocenters. The first-order valence-electron chi connectivity index (χ1n) is 7.23. The zero-order valence-electron chi connectivity index (χ0n) is 13.0. The van der Waals surface area contributed by atoms with Gasteiger partial charge in [0.2, 0.25) is 0 Å². The molecule has 132 valence electrons. The second-order valence-electron chi connectivity index (χ2n) is 5.10. The summed E-state index contributed by atoms with van der Waals surface area (Å²) in [5, 5.41) is 4.17. The Morgan fingerprint density at radius 3 is 2.42 bits per heavy atom. The molecule has 0 fully saturated rings. The molecule has 2 aromatic heterocycles. The van der Waals surface area contributed by atoms with Crippen molar-refractivity contribution in [2.24, 2.45) is 0 Å². The molecule has 1 aromatic carbocycles. The summed E-state index contributed by atoms with van der Waals surface area (Å²) in [6, 6.07) is 9.36. The largest absolute Gasteiger partial charge is 0.573 e. The number of halogens is 3. The molecular weight excluding hydrogens is 351 g/mol. The van der Waals surface area contributed by atoms with Gasteiger partial charge < -0.3 is 4.74 Å². The number of benzene rings is 1. The van der Waals surface area contributed by atoms with Gasteiger partial charge in [0.25, 0.3) is 5.56 Å². The number of pyridine rings is 1. The molecular formula is C17H10F3N3O3. The molecule has 0 unspecified atom stereocenters. The molecule has 0 spiro atoms. The first-order chi connectivity index (χ1) is 12.4. The Labute approximate surface area is 144 Å². The summed E-state index contributed by atoms with van der Waals surface area (Å²) < 4.78 is 41.5. The summed E-state index contributed by atoms with van der Waals surface area (Å²) in [5.41, 5.74) is 0.206. The van der Waals surface area contributed by atoms with Crippen molar-refractivity contribution in [3.05, 3.63) is 70.8 Å². The molecule has 0 N–H and O–H groups in total. The highest BCUT2D eigenvalue weighted by Gasteiger charge is 2.31. The zero-order chi connectivity index (χ0) is 18.7. The lowest BCUT2D eigenvalue weighted by Gasteiger charge is -2.10. The number of hydrogen-bond donors (Lipinski definition) is 0. The van der Waals surface area contributed by atoms with Gasteiger partial charge in [0.05, 0.1) is 23.1 Å². The second kappa shape index (κ2) is 6.79. The van der Waals surface area contributed by atoms with E-state index < -0.39 is 17.7 Å². The zero-order valence-corrected chi connectivity index (χ0v) is 13.0. The molecule has 0 aliphatic carbocycles. The Balaban J connectivity index is 2.05. The summed E-state index contributed by atoms with van der Waals surface area (Å²) in [7, 11) is 0. The van der Waals surface area contributed by atoms with Gasteiger partial charge in [-0.25, -0.2) is 0 Å². The normalized spacial score (nSPS) is 11.2. The van der Waals surface area contributed by atoms with Crippen LogP contribution in [0.3, 0.4) is 0 Å². The van der Waals surface area contributed by atoms with Crippen LogP contribution in [0.15, 0.2) is 59.7 Å². The van der Waals surface area contributed by atoms with Crippen molar-refractivity contribution in [2.45, 2.75) is 6.36 Å². The lowest BCUT2D eigenvalue weighted by molar-refractivity contribution is -0.274.